The monoisotopic (exact) mass is 687 g/mol. The van der Waals surface area contributed by atoms with E-state index < -0.39 is 0 Å². The maximum Gasteiger partial charge on any atom is 0.0633 e. The molecular formula is C44H72N2Ni. The van der Waals surface area contributed by atoms with Crippen molar-refractivity contribution in [2.24, 2.45) is 9.98 Å². The Kier molecular flexibility index (Phi) is 29.1. The molecule has 0 bridgehead atoms. The Bertz CT molecular complexity index is 1010. The zero-order valence-electron chi connectivity index (χ0n) is 31.0. The first kappa shape index (κ1) is 43.3. The topological polar surface area (TPSA) is 24.7 Å². The molecule has 0 atom stereocenters. The van der Waals surface area contributed by atoms with E-state index in [-0.39, 0.29) is 16.5 Å². The standard InChI is InChI=1S/C44H72N2.Ni/c1-4-7-10-12-14-16-18-20-22-24-26-28-40-31-35-42(36-32-40)45-39-44(30-9-6-3)46-43-37-33-41(34-38-43)29-27-25-23-21-19-17-15-13-11-8-5-2;/h31-39H,4-30H2,1-3H3;. The third-order valence-corrected chi connectivity index (χ3v) is 9.43. The Morgan fingerprint density at radius 1 is 0.426 bits per heavy atom. The smallest absolute Gasteiger partial charge is 0.0633 e. The van der Waals surface area contributed by atoms with Crippen molar-refractivity contribution in [2.45, 2.75) is 194 Å². The Balaban J connectivity index is 0.0000110. The minimum atomic E-state index is 0. The Hall–Kier alpha value is -1.73. The minimum absolute atomic E-state index is 0. The molecule has 0 heterocycles. The molecule has 47 heavy (non-hydrogen) atoms. The fourth-order valence-corrected chi connectivity index (χ4v) is 6.29. The largest absolute Gasteiger partial charge is 0.255 e. The Morgan fingerprint density at radius 2 is 0.766 bits per heavy atom. The molecule has 0 aliphatic heterocycles. The quantitative estimate of drug-likeness (QED) is 0.0444. The summed E-state index contributed by atoms with van der Waals surface area (Å²) in [4.78, 5) is 9.80. The van der Waals surface area contributed by atoms with Gasteiger partial charge in [0.15, 0.2) is 0 Å². The minimum Gasteiger partial charge on any atom is -0.255 e. The van der Waals surface area contributed by atoms with Crippen LogP contribution in [0.4, 0.5) is 11.4 Å². The van der Waals surface area contributed by atoms with E-state index in [9.17, 15) is 0 Å². The van der Waals surface area contributed by atoms with Crippen molar-refractivity contribution < 1.29 is 16.5 Å². The van der Waals surface area contributed by atoms with Crippen LogP contribution in [0.15, 0.2) is 58.5 Å². The van der Waals surface area contributed by atoms with Gasteiger partial charge in [0.1, 0.15) is 0 Å². The van der Waals surface area contributed by atoms with Crippen LogP contribution in [0.1, 0.15) is 192 Å². The van der Waals surface area contributed by atoms with Gasteiger partial charge in [0.25, 0.3) is 0 Å². The fourth-order valence-electron chi connectivity index (χ4n) is 6.29. The number of benzene rings is 2. The first-order valence-electron chi connectivity index (χ1n) is 20.0. The van der Waals surface area contributed by atoms with Gasteiger partial charge in [-0.2, -0.15) is 0 Å². The molecule has 0 aliphatic rings. The summed E-state index contributed by atoms with van der Waals surface area (Å²) in [7, 11) is 0. The van der Waals surface area contributed by atoms with Crippen LogP contribution in [0.2, 0.25) is 0 Å². The molecule has 0 radical (unpaired) electrons. The molecule has 2 aromatic carbocycles. The van der Waals surface area contributed by atoms with Gasteiger partial charge >= 0.3 is 0 Å². The third kappa shape index (κ3) is 24.1. The van der Waals surface area contributed by atoms with Crippen LogP contribution < -0.4 is 0 Å². The van der Waals surface area contributed by atoms with Gasteiger partial charge in [-0.1, -0.05) is 180 Å². The van der Waals surface area contributed by atoms with E-state index in [1.807, 2.05) is 6.21 Å². The average Bonchev–Trinajstić information content (AvgIpc) is 3.08. The summed E-state index contributed by atoms with van der Waals surface area (Å²) in [6, 6.07) is 17.8. The van der Waals surface area contributed by atoms with E-state index in [0.717, 1.165) is 29.9 Å². The van der Waals surface area contributed by atoms with Gasteiger partial charge < -0.3 is 0 Å². The second kappa shape index (κ2) is 31.5. The van der Waals surface area contributed by atoms with Crippen LogP contribution >= 0.6 is 0 Å². The third-order valence-electron chi connectivity index (χ3n) is 9.43. The maximum atomic E-state index is 4.99. The van der Waals surface area contributed by atoms with Crippen LogP contribution in [0, 0.1) is 0 Å². The van der Waals surface area contributed by atoms with Gasteiger partial charge in [0.2, 0.25) is 0 Å². The van der Waals surface area contributed by atoms with Gasteiger partial charge in [0.05, 0.1) is 17.1 Å². The predicted octanol–water partition coefficient (Wildman–Crippen LogP) is 15.1. The Morgan fingerprint density at radius 3 is 1.15 bits per heavy atom. The van der Waals surface area contributed by atoms with Crippen molar-refractivity contribution >= 4 is 23.3 Å². The van der Waals surface area contributed by atoms with Crippen molar-refractivity contribution in [3.63, 3.8) is 0 Å². The zero-order chi connectivity index (χ0) is 32.8. The maximum absolute atomic E-state index is 4.99. The molecule has 0 spiro atoms. The molecule has 0 aliphatic carbocycles. The number of unbranched alkanes of at least 4 members (excludes halogenated alkanes) is 21. The molecule has 2 rings (SSSR count). The molecule has 0 saturated heterocycles. The van der Waals surface area contributed by atoms with E-state index in [1.165, 1.54) is 172 Å². The van der Waals surface area contributed by atoms with Crippen LogP contribution in [-0.4, -0.2) is 11.9 Å². The molecule has 3 heteroatoms. The van der Waals surface area contributed by atoms with E-state index in [1.54, 1.807) is 0 Å². The van der Waals surface area contributed by atoms with E-state index in [0.29, 0.717) is 0 Å². The number of hydrogen-bond acceptors (Lipinski definition) is 2. The number of hydrogen-bond donors (Lipinski definition) is 0. The molecule has 2 nitrogen and oxygen atoms in total. The molecule has 268 valence electrons. The number of rotatable bonds is 30. The van der Waals surface area contributed by atoms with Crippen molar-refractivity contribution in [1.82, 2.24) is 0 Å². The zero-order valence-corrected chi connectivity index (χ0v) is 32.0. The second-order valence-electron chi connectivity index (χ2n) is 13.9. The summed E-state index contributed by atoms with van der Waals surface area (Å²) in [6.07, 6.45) is 38.4. The summed E-state index contributed by atoms with van der Waals surface area (Å²) in [6.45, 7) is 6.83. The summed E-state index contributed by atoms with van der Waals surface area (Å²) in [5, 5.41) is 0. The van der Waals surface area contributed by atoms with Crippen molar-refractivity contribution in [3.8, 4) is 0 Å². The summed E-state index contributed by atoms with van der Waals surface area (Å²) < 4.78 is 0. The van der Waals surface area contributed by atoms with Crippen molar-refractivity contribution in [3.05, 3.63) is 59.7 Å². The van der Waals surface area contributed by atoms with Gasteiger partial charge in [0, 0.05) is 22.7 Å². The molecule has 2 aromatic rings. The fraction of sp³-hybridized carbons (Fsp3) is 0.682. The first-order chi connectivity index (χ1) is 22.7. The summed E-state index contributed by atoms with van der Waals surface area (Å²) >= 11 is 0. The molecule has 0 fully saturated rings. The molecule has 0 aromatic heterocycles. The Labute approximate surface area is 302 Å². The first-order valence-corrected chi connectivity index (χ1v) is 20.0. The predicted molar refractivity (Wildman–Crippen MR) is 208 cm³/mol. The van der Waals surface area contributed by atoms with Crippen LogP contribution in [-0.2, 0) is 29.3 Å². The normalized spacial score (nSPS) is 11.8. The number of nitrogens with zero attached hydrogens (tertiary/aromatic N) is 2. The van der Waals surface area contributed by atoms with Gasteiger partial charge in [-0.3, -0.25) is 9.98 Å². The summed E-state index contributed by atoms with van der Waals surface area (Å²) in [5.41, 5.74) is 6.01. The number of aryl methyl sites for hydroxylation is 2. The van der Waals surface area contributed by atoms with E-state index >= 15 is 0 Å². The molecule has 0 N–H and O–H groups in total. The SMILES string of the molecule is CCCCCCCCCCCCCc1ccc(N=CC(CCCC)=Nc2ccc(CCCCCCCCCCCCC)cc2)cc1.[Ni]. The van der Waals surface area contributed by atoms with Gasteiger partial charge in [-0.05, 0) is 73.9 Å². The van der Waals surface area contributed by atoms with Crippen LogP contribution in [0.3, 0.4) is 0 Å². The molecule has 0 saturated carbocycles. The summed E-state index contributed by atoms with van der Waals surface area (Å²) in [5.74, 6) is 0. The van der Waals surface area contributed by atoms with Gasteiger partial charge in [-0.25, -0.2) is 0 Å². The van der Waals surface area contributed by atoms with Crippen LogP contribution in [0.25, 0.3) is 0 Å². The van der Waals surface area contributed by atoms with E-state index in [4.69, 9.17) is 9.98 Å². The van der Waals surface area contributed by atoms with Gasteiger partial charge in [-0.15, -0.1) is 0 Å². The number of aliphatic imine (C=N–C) groups is 2. The molecular weight excluding hydrogens is 615 g/mol. The molecule has 0 amide bonds. The molecule has 0 unspecified atom stereocenters. The second-order valence-corrected chi connectivity index (χ2v) is 13.9. The van der Waals surface area contributed by atoms with Crippen molar-refractivity contribution in [1.29, 1.82) is 0 Å². The van der Waals surface area contributed by atoms with Crippen molar-refractivity contribution in [2.75, 3.05) is 0 Å². The van der Waals surface area contributed by atoms with E-state index in [2.05, 4.69) is 69.3 Å². The average molecular weight is 688 g/mol. The van der Waals surface area contributed by atoms with Crippen LogP contribution in [0.5, 0.6) is 0 Å².